The lowest BCUT2D eigenvalue weighted by Gasteiger charge is -2.02. The van der Waals surface area contributed by atoms with Gasteiger partial charge in [0.2, 0.25) is 0 Å². The summed E-state index contributed by atoms with van der Waals surface area (Å²) in [7, 11) is 0. The number of aromatic amines is 1. The van der Waals surface area contributed by atoms with Crippen molar-refractivity contribution in [1.29, 1.82) is 0 Å². The number of H-pyrrole nitrogens is 1. The fourth-order valence-electron chi connectivity index (χ4n) is 3.10. The Kier molecular flexibility index (Phi) is 3.77. The van der Waals surface area contributed by atoms with Crippen LogP contribution in [0.1, 0.15) is 15.2 Å². The van der Waals surface area contributed by atoms with Crippen molar-refractivity contribution in [3.63, 3.8) is 0 Å². The van der Waals surface area contributed by atoms with Crippen LogP contribution in [-0.4, -0.2) is 21.1 Å². The first-order valence-electron chi connectivity index (χ1n) is 8.38. The summed E-state index contributed by atoms with van der Waals surface area (Å²) in [6, 6.07) is 14.1. The van der Waals surface area contributed by atoms with E-state index in [2.05, 4.69) is 32.6 Å². The molecule has 27 heavy (non-hydrogen) atoms. The number of pyridine rings is 1. The molecule has 0 saturated heterocycles. The summed E-state index contributed by atoms with van der Waals surface area (Å²) in [4.78, 5) is 17.5. The molecule has 0 spiro atoms. The first kappa shape index (κ1) is 16.2. The number of hydrogen-bond acceptors (Lipinski definition) is 5. The van der Waals surface area contributed by atoms with E-state index in [0.717, 1.165) is 26.2 Å². The van der Waals surface area contributed by atoms with E-state index in [0.29, 0.717) is 10.7 Å². The molecule has 0 saturated carbocycles. The largest absolute Gasteiger partial charge is 0.304 e. The van der Waals surface area contributed by atoms with Crippen molar-refractivity contribution in [2.75, 3.05) is 5.32 Å². The Morgan fingerprint density at radius 2 is 1.89 bits per heavy atom. The summed E-state index contributed by atoms with van der Waals surface area (Å²) in [6.07, 6.45) is 3.47. The molecule has 1 aromatic carbocycles. The van der Waals surface area contributed by atoms with Crippen LogP contribution < -0.4 is 5.32 Å². The number of carbonyl (C=O) groups excluding carboxylic acids is 1. The molecule has 5 nitrogen and oxygen atoms in total. The van der Waals surface area contributed by atoms with Gasteiger partial charge in [0.15, 0.2) is 5.82 Å². The molecule has 4 aromatic heterocycles. The van der Waals surface area contributed by atoms with Gasteiger partial charge in [0.05, 0.1) is 15.3 Å². The molecular weight excluding hydrogens is 376 g/mol. The maximum atomic E-state index is 12.8. The van der Waals surface area contributed by atoms with Gasteiger partial charge in [-0.15, -0.1) is 22.7 Å². The monoisotopic (exact) mass is 390 g/mol. The fraction of sp³-hybridized carbons (Fsp3) is 0.0500. The molecule has 7 heteroatoms. The van der Waals surface area contributed by atoms with Gasteiger partial charge in [-0.3, -0.25) is 14.9 Å². The molecule has 0 aliphatic heterocycles. The third-order valence-corrected chi connectivity index (χ3v) is 6.90. The molecule has 0 unspecified atom stereocenters. The van der Waals surface area contributed by atoms with Gasteiger partial charge >= 0.3 is 0 Å². The van der Waals surface area contributed by atoms with Crippen molar-refractivity contribution >= 4 is 53.9 Å². The summed E-state index contributed by atoms with van der Waals surface area (Å²) in [5.74, 6) is 0.414. The molecule has 0 aliphatic rings. The van der Waals surface area contributed by atoms with E-state index in [1.54, 1.807) is 23.7 Å². The highest BCUT2D eigenvalue weighted by atomic mass is 32.1. The van der Waals surface area contributed by atoms with E-state index in [1.165, 1.54) is 21.4 Å². The van der Waals surface area contributed by atoms with Gasteiger partial charge < -0.3 is 5.32 Å². The summed E-state index contributed by atoms with van der Waals surface area (Å²) in [5, 5.41) is 11.4. The highest BCUT2D eigenvalue weighted by Crippen LogP contribution is 2.39. The third-order valence-electron chi connectivity index (χ3n) is 4.48. The number of anilines is 1. The number of benzene rings is 1. The van der Waals surface area contributed by atoms with Gasteiger partial charge in [-0.05, 0) is 31.2 Å². The Morgan fingerprint density at radius 1 is 1.07 bits per heavy atom. The van der Waals surface area contributed by atoms with E-state index in [9.17, 15) is 4.79 Å². The van der Waals surface area contributed by atoms with Crippen LogP contribution >= 0.6 is 22.7 Å². The normalized spacial score (nSPS) is 11.3. The lowest BCUT2D eigenvalue weighted by atomic mass is 10.1. The maximum Gasteiger partial charge on any atom is 0.267 e. The Hall–Kier alpha value is -3.03. The highest BCUT2D eigenvalue weighted by molar-refractivity contribution is 7.33. The second kappa shape index (κ2) is 6.29. The summed E-state index contributed by atoms with van der Waals surface area (Å²) in [5.41, 5.74) is 2.77. The van der Waals surface area contributed by atoms with Crippen molar-refractivity contribution < 1.29 is 4.79 Å². The highest BCUT2D eigenvalue weighted by Gasteiger charge is 2.17. The van der Waals surface area contributed by atoms with E-state index in [-0.39, 0.29) is 5.91 Å². The average molecular weight is 390 g/mol. The molecule has 1 amide bonds. The fourth-order valence-corrected chi connectivity index (χ4v) is 5.52. The molecule has 2 N–H and O–H groups in total. The number of nitrogens with zero attached hydrogens (tertiary/aromatic N) is 2. The quantitative estimate of drug-likeness (QED) is 0.430. The molecular formula is C20H14N4OS2. The molecule has 0 atom stereocenters. The zero-order valence-corrected chi connectivity index (χ0v) is 15.9. The SMILES string of the molecule is Cc1c(NC(=O)c2cc3sc4ccccc4c3s2)n[nH]c1-c1ccncc1. The van der Waals surface area contributed by atoms with Crippen molar-refractivity contribution in [2.24, 2.45) is 0 Å². The Labute approximate surface area is 162 Å². The molecule has 132 valence electrons. The topological polar surface area (TPSA) is 70.7 Å². The number of rotatable bonds is 3. The molecule has 5 aromatic rings. The van der Waals surface area contributed by atoms with Crippen LogP contribution in [0, 0.1) is 6.92 Å². The predicted octanol–water partition coefficient (Wildman–Crippen LogP) is 5.46. The van der Waals surface area contributed by atoms with Crippen LogP contribution in [0.3, 0.4) is 0 Å². The number of thiophene rings is 2. The molecule has 5 rings (SSSR count). The maximum absolute atomic E-state index is 12.8. The lowest BCUT2D eigenvalue weighted by molar-refractivity contribution is 0.103. The molecule has 0 aliphatic carbocycles. The summed E-state index contributed by atoms with van der Waals surface area (Å²) < 4.78 is 3.55. The Bertz CT molecular complexity index is 1280. The van der Waals surface area contributed by atoms with E-state index < -0.39 is 0 Å². The zero-order chi connectivity index (χ0) is 18.4. The summed E-state index contributed by atoms with van der Waals surface area (Å²) in [6.45, 7) is 1.94. The number of hydrogen-bond donors (Lipinski definition) is 2. The van der Waals surface area contributed by atoms with Gasteiger partial charge in [0.25, 0.3) is 5.91 Å². The number of carbonyl (C=O) groups is 1. The van der Waals surface area contributed by atoms with Gasteiger partial charge in [0, 0.05) is 38.3 Å². The van der Waals surface area contributed by atoms with Crippen LogP contribution in [0.15, 0.2) is 54.9 Å². The lowest BCUT2D eigenvalue weighted by Crippen LogP contribution is -2.11. The summed E-state index contributed by atoms with van der Waals surface area (Å²) >= 11 is 3.24. The van der Waals surface area contributed by atoms with E-state index >= 15 is 0 Å². The van der Waals surface area contributed by atoms with Crippen LogP contribution in [0.25, 0.3) is 30.7 Å². The smallest absolute Gasteiger partial charge is 0.267 e. The average Bonchev–Trinajstić information content (AvgIpc) is 3.36. The standard InChI is InChI=1S/C20H14N4OS2/c1-11-17(12-6-8-21-9-7-12)23-24-19(11)22-20(25)16-10-15-18(27-16)13-4-2-3-5-14(13)26-15/h2-10H,1H3,(H2,22,23,24,25). The number of aromatic nitrogens is 3. The minimum Gasteiger partial charge on any atom is -0.304 e. The van der Waals surface area contributed by atoms with Crippen molar-refractivity contribution in [2.45, 2.75) is 6.92 Å². The number of fused-ring (bicyclic) bond motifs is 3. The first-order chi connectivity index (χ1) is 13.2. The van der Waals surface area contributed by atoms with E-state index in [1.807, 2.05) is 37.3 Å². The van der Waals surface area contributed by atoms with Crippen LogP contribution in [0.5, 0.6) is 0 Å². The molecule has 0 radical (unpaired) electrons. The molecule has 0 fully saturated rings. The van der Waals surface area contributed by atoms with Gasteiger partial charge in [0.1, 0.15) is 0 Å². The zero-order valence-electron chi connectivity index (χ0n) is 14.3. The third kappa shape index (κ3) is 2.72. The van der Waals surface area contributed by atoms with Crippen LogP contribution in [-0.2, 0) is 0 Å². The van der Waals surface area contributed by atoms with Crippen LogP contribution in [0.4, 0.5) is 5.82 Å². The van der Waals surface area contributed by atoms with Crippen molar-refractivity contribution in [3.05, 3.63) is 65.3 Å². The van der Waals surface area contributed by atoms with Gasteiger partial charge in [-0.25, -0.2) is 0 Å². The number of nitrogens with one attached hydrogen (secondary N) is 2. The predicted molar refractivity (Wildman–Crippen MR) is 112 cm³/mol. The molecule has 4 heterocycles. The van der Waals surface area contributed by atoms with Crippen molar-refractivity contribution in [1.82, 2.24) is 15.2 Å². The Morgan fingerprint density at radius 3 is 2.74 bits per heavy atom. The van der Waals surface area contributed by atoms with Crippen molar-refractivity contribution in [3.8, 4) is 11.3 Å². The van der Waals surface area contributed by atoms with Gasteiger partial charge in [-0.1, -0.05) is 18.2 Å². The second-order valence-electron chi connectivity index (χ2n) is 6.16. The van der Waals surface area contributed by atoms with Crippen LogP contribution in [0.2, 0.25) is 0 Å². The van der Waals surface area contributed by atoms with E-state index in [4.69, 9.17) is 0 Å². The molecule has 0 bridgehead atoms. The second-order valence-corrected chi connectivity index (χ2v) is 8.30. The number of amides is 1. The van der Waals surface area contributed by atoms with Gasteiger partial charge in [-0.2, -0.15) is 5.10 Å². The minimum atomic E-state index is -0.136. The Balaban J connectivity index is 1.45. The minimum absolute atomic E-state index is 0.136. The first-order valence-corrected chi connectivity index (χ1v) is 10.0.